The Morgan fingerprint density at radius 2 is 2.19 bits per heavy atom. The molecule has 3 rings (SSSR count). The van der Waals surface area contributed by atoms with E-state index in [-0.39, 0.29) is 24.9 Å². The number of thiophene rings is 1. The molecular formula is C19H20N4O3S. The standard InChI is InChI=1S/C19H20N4O3S/c1-2-8-21-18(25)16-11-23(14-5-3-4-6-15(14)26-16)12-17(24)22-19-13(10-20)7-9-27-19/h3-7,9,16H,2,8,11-12H2,1H3,(H,21,25)(H,22,24)/t16-/m0/s1. The average Bonchev–Trinajstić information content (AvgIpc) is 3.12. The van der Waals surface area contributed by atoms with Crippen LogP contribution in [-0.2, 0) is 9.59 Å². The minimum absolute atomic E-state index is 0.0562. The molecule has 0 unspecified atom stereocenters. The van der Waals surface area contributed by atoms with Gasteiger partial charge in [-0.05, 0) is 30.0 Å². The molecule has 8 heteroatoms. The molecule has 2 aromatic rings. The maximum atomic E-state index is 12.5. The van der Waals surface area contributed by atoms with Crippen LogP contribution < -0.4 is 20.3 Å². The number of rotatable bonds is 6. The molecule has 140 valence electrons. The number of carbonyl (C=O) groups is 2. The number of amides is 2. The summed E-state index contributed by atoms with van der Waals surface area (Å²) in [4.78, 5) is 26.7. The topological polar surface area (TPSA) is 94.5 Å². The predicted octanol–water partition coefficient (Wildman–Crippen LogP) is 2.35. The molecule has 0 spiro atoms. The van der Waals surface area contributed by atoms with Gasteiger partial charge in [0.05, 0.1) is 24.3 Å². The van der Waals surface area contributed by atoms with Crippen molar-refractivity contribution >= 4 is 33.8 Å². The number of ether oxygens (including phenoxy) is 1. The molecule has 0 bridgehead atoms. The number of hydrogen-bond acceptors (Lipinski definition) is 6. The zero-order chi connectivity index (χ0) is 19.2. The fraction of sp³-hybridized carbons (Fsp3) is 0.316. The molecular weight excluding hydrogens is 364 g/mol. The summed E-state index contributed by atoms with van der Waals surface area (Å²) in [6.07, 6.45) is 0.152. The predicted molar refractivity (Wildman–Crippen MR) is 104 cm³/mol. The van der Waals surface area contributed by atoms with Crippen LogP contribution in [0.15, 0.2) is 35.7 Å². The van der Waals surface area contributed by atoms with Gasteiger partial charge < -0.3 is 20.3 Å². The van der Waals surface area contributed by atoms with Gasteiger partial charge in [-0.25, -0.2) is 0 Å². The van der Waals surface area contributed by atoms with Crippen molar-refractivity contribution in [3.8, 4) is 11.8 Å². The molecule has 1 aliphatic rings. The van der Waals surface area contributed by atoms with Gasteiger partial charge in [0.25, 0.3) is 5.91 Å². The SMILES string of the molecule is CCCNC(=O)[C@@H]1CN(CC(=O)Nc2sccc2C#N)c2ccccc2O1. The summed E-state index contributed by atoms with van der Waals surface area (Å²) in [7, 11) is 0. The minimum atomic E-state index is -0.685. The van der Waals surface area contributed by atoms with Crippen LogP contribution in [0.5, 0.6) is 5.75 Å². The minimum Gasteiger partial charge on any atom is -0.477 e. The highest BCUT2D eigenvalue weighted by molar-refractivity contribution is 7.14. The van der Waals surface area contributed by atoms with Gasteiger partial charge in [0.1, 0.15) is 16.8 Å². The van der Waals surface area contributed by atoms with Crippen molar-refractivity contribution in [3.05, 3.63) is 41.3 Å². The van der Waals surface area contributed by atoms with Crippen LogP contribution >= 0.6 is 11.3 Å². The average molecular weight is 384 g/mol. The molecule has 0 fully saturated rings. The lowest BCUT2D eigenvalue weighted by atomic mass is 10.1. The van der Waals surface area contributed by atoms with Gasteiger partial charge in [0.15, 0.2) is 6.10 Å². The number of hydrogen-bond donors (Lipinski definition) is 2. The Morgan fingerprint density at radius 3 is 2.96 bits per heavy atom. The lowest BCUT2D eigenvalue weighted by Crippen LogP contribution is -2.50. The zero-order valence-electron chi connectivity index (χ0n) is 14.9. The number of nitriles is 1. The number of nitrogens with one attached hydrogen (secondary N) is 2. The van der Waals surface area contributed by atoms with Crippen LogP contribution in [0.25, 0.3) is 0 Å². The maximum Gasteiger partial charge on any atom is 0.262 e. The summed E-state index contributed by atoms with van der Waals surface area (Å²) in [5.74, 6) is 0.127. The maximum absolute atomic E-state index is 12.5. The molecule has 1 aliphatic heterocycles. The van der Waals surface area contributed by atoms with E-state index in [1.807, 2.05) is 30.0 Å². The van der Waals surface area contributed by atoms with Gasteiger partial charge >= 0.3 is 0 Å². The fourth-order valence-corrected chi connectivity index (χ4v) is 3.54. The first-order valence-corrected chi connectivity index (χ1v) is 9.56. The molecule has 0 saturated heterocycles. The second kappa shape index (κ2) is 8.56. The van der Waals surface area contributed by atoms with E-state index in [0.29, 0.717) is 22.9 Å². The highest BCUT2D eigenvalue weighted by Crippen LogP contribution is 2.33. The Morgan fingerprint density at radius 1 is 1.37 bits per heavy atom. The van der Waals surface area contributed by atoms with Crippen molar-refractivity contribution in [1.82, 2.24) is 5.32 Å². The number of fused-ring (bicyclic) bond motifs is 1. The Hall–Kier alpha value is -3.05. The van der Waals surface area contributed by atoms with Crippen LogP contribution in [0.1, 0.15) is 18.9 Å². The van der Waals surface area contributed by atoms with E-state index in [0.717, 1.165) is 12.1 Å². The lowest BCUT2D eigenvalue weighted by molar-refractivity contribution is -0.128. The first-order chi connectivity index (χ1) is 13.1. The van der Waals surface area contributed by atoms with Gasteiger partial charge in [0, 0.05) is 6.54 Å². The molecule has 27 heavy (non-hydrogen) atoms. The van der Waals surface area contributed by atoms with Crippen LogP contribution in [0, 0.1) is 11.3 Å². The van der Waals surface area contributed by atoms with Crippen LogP contribution in [-0.4, -0.2) is 37.6 Å². The van der Waals surface area contributed by atoms with Gasteiger partial charge in [-0.2, -0.15) is 5.26 Å². The Kier molecular flexibility index (Phi) is 5.94. The molecule has 0 saturated carbocycles. The fourth-order valence-electron chi connectivity index (χ4n) is 2.79. The molecule has 2 heterocycles. The molecule has 2 N–H and O–H groups in total. The summed E-state index contributed by atoms with van der Waals surface area (Å²) >= 11 is 1.30. The monoisotopic (exact) mass is 384 g/mol. The molecule has 2 amide bonds. The van der Waals surface area contributed by atoms with E-state index in [4.69, 9.17) is 10.00 Å². The molecule has 1 atom stereocenters. The summed E-state index contributed by atoms with van der Waals surface area (Å²) in [5.41, 5.74) is 1.20. The number of anilines is 2. The molecule has 1 aromatic carbocycles. The van der Waals surface area contributed by atoms with E-state index in [9.17, 15) is 9.59 Å². The van der Waals surface area contributed by atoms with Crippen molar-refractivity contribution in [2.45, 2.75) is 19.4 Å². The third-order valence-electron chi connectivity index (χ3n) is 4.08. The first-order valence-electron chi connectivity index (χ1n) is 8.68. The molecule has 0 radical (unpaired) electrons. The van der Waals surface area contributed by atoms with E-state index in [1.165, 1.54) is 11.3 Å². The number of carbonyl (C=O) groups excluding carboxylic acids is 2. The van der Waals surface area contributed by atoms with E-state index in [2.05, 4.69) is 16.7 Å². The largest absolute Gasteiger partial charge is 0.477 e. The third-order valence-corrected chi connectivity index (χ3v) is 4.91. The van der Waals surface area contributed by atoms with Crippen molar-refractivity contribution in [3.63, 3.8) is 0 Å². The molecule has 7 nitrogen and oxygen atoms in total. The van der Waals surface area contributed by atoms with Gasteiger partial charge in [-0.3, -0.25) is 9.59 Å². The van der Waals surface area contributed by atoms with Crippen molar-refractivity contribution in [2.75, 3.05) is 29.9 Å². The van der Waals surface area contributed by atoms with Gasteiger partial charge in [-0.15, -0.1) is 11.3 Å². The lowest BCUT2D eigenvalue weighted by Gasteiger charge is -2.35. The highest BCUT2D eigenvalue weighted by atomic mass is 32.1. The second-order valence-corrected chi connectivity index (χ2v) is 6.99. The van der Waals surface area contributed by atoms with Crippen LogP contribution in [0.3, 0.4) is 0 Å². The first kappa shape index (κ1) is 18.7. The Bertz CT molecular complexity index is 874. The Labute approximate surface area is 161 Å². The van der Waals surface area contributed by atoms with E-state index in [1.54, 1.807) is 17.5 Å². The summed E-state index contributed by atoms with van der Waals surface area (Å²) < 4.78 is 5.82. The van der Waals surface area contributed by atoms with Crippen LogP contribution in [0.2, 0.25) is 0 Å². The summed E-state index contributed by atoms with van der Waals surface area (Å²) in [5, 5.41) is 17.0. The quantitative estimate of drug-likeness (QED) is 0.797. The number of benzene rings is 1. The van der Waals surface area contributed by atoms with Gasteiger partial charge in [0.2, 0.25) is 5.91 Å². The normalized spacial score (nSPS) is 15.3. The van der Waals surface area contributed by atoms with Crippen molar-refractivity contribution in [1.29, 1.82) is 5.26 Å². The second-order valence-electron chi connectivity index (χ2n) is 6.07. The van der Waals surface area contributed by atoms with Crippen molar-refractivity contribution < 1.29 is 14.3 Å². The summed E-state index contributed by atoms with van der Waals surface area (Å²) in [6, 6.07) is 11.0. The number of nitrogens with zero attached hydrogens (tertiary/aromatic N) is 2. The van der Waals surface area contributed by atoms with E-state index >= 15 is 0 Å². The number of para-hydroxylation sites is 2. The summed E-state index contributed by atoms with van der Waals surface area (Å²) in [6.45, 7) is 2.89. The molecule has 1 aromatic heterocycles. The van der Waals surface area contributed by atoms with Gasteiger partial charge in [-0.1, -0.05) is 19.1 Å². The van der Waals surface area contributed by atoms with Crippen molar-refractivity contribution in [2.24, 2.45) is 0 Å². The Balaban J connectivity index is 1.73. The van der Waals surface area contributed by atoms with E-state index < -0.39 is 6.10 Å². The third kappa shape index (κ3) is 4.38. The van der Waals surface area contributed by atoms with Crippen LogP contribution in [0.4, 0.5) is 10.7 Å². The highest BCUT2D eigenvalue weighted by Gasteiger charge is 2.31. The zero-order valence-corrected chi connectivity index (χ0v) is 15.7. The smallest absolute Gasteiger partial charge is 0.262 e. The molecule has 0 aliphatic carbocycles.